The van der Waals surface area contributed by atoms with E-state index in [4.69, 9.17) is 0 Å². The molecule has 1 N–H and O–H groups in total. The number of piperidine rings is 1. The molecular weight excluding hydrogens is 284 g/mol. The van der Waals surface area contributed by atoms with Crippen molar-refractivity contribution in [1.82, 2.24) is 10.2 Å². The summed E-state index contributed by atoms with van der Waals surface area (Å²) in [6.07, 6.45) is 9.90. The maximum absolute atomic E-state index is 12.8. The quantitative estimate of drug-likeness (QED) is 0.926. The van der Waals surface area contributed by atoms with E-state index in [1.54, 1.807) is 0 Å². The summed E-state index contributed by atoms with van der Waals surface area (Å²) in [5.41, 5.74) is 3.76. The zero-order chi connectivity index (χ0) is 15.6. The average molecular weight is 312 g/mol. The van der Waals surface area contributed by atoms with E-state index in [0.29, 0.717) is 6.04 Å². The van der Waals surface area contributed by atoms with Crippen molar-refractivity contribution >= 4 is 5.91 Å². The molecule has 2 aliphatic carbocycles. The number of hydrogen-bond donors (Lipinski definition) is 1. The van der Waals surface area contributed by atoms with E-state index in [1.807, 2.05) is 6.07 Å². The first kappa shape index (κ1) is 15.2. The monoisotopic (exact) mass is 312 g/mol. The zero-order valence-electron chi connectivity index (χ0n) is 14.0. The maximum Gasteiger partial charge on any atom is 0.253 e. The van der Waals surface area contributed by atoms with E-state index in [0.717, 1.165) is 43.8 Å². The van der Waals surface area contributed by atoms with Crippen LogP contribution < -0.4 is 5.32 Å². The van der Waals surface area contributed by atoms with Crippen molar-refractivity contribution in [3.8, 4) is 0 Å². The summed E-state index contributed by atoms with van der Waals surface area (Å²) >= 11 is 0. The first-order valence-corrected chi connectivity index (χ1v) is 9.44. The molecule has 0 radical (unpaired) electrons. The lowest BCUT2D eigenvalue weighted by Crippen LogP contribution is -2.45. The maximum atomic E-state index is 12.8. The van der Waals surface area contributed by atoms with Crippen molar-refractivity contribution < 1.29 is 4.79 Å². The van der Waals surface area contributed by atoms with Gasteiger partial charge in [-0.15, -0.1) is 0 Å². The molecule has 0 bridgehead atoms. The molecule has 1 aromatic carbocycles. The van der Waals surface area contributed by atoms with Crippen LogP contribution in [-0.4, -0.2) is 36.5 Å². The Balaban J connectivity index is 1.34. The number of nitrogens with zero attached hydrogens (tertiary/aromatic N) is 1. The fourth-order valence-corrected chi connectivity index (χ4v) is 3.99. The van der Waals surface area contributed by atoms with Crippen LogP contribution in [0.15, 0.2) is 18.2 Å². The first-order chi connectivity index (χ1) is 11.3. The van der Waals surface area contributed by atoms with Crippen molar-refractivity contribution in [3.63, 3.8) is 0 Å². The number of aryl methyl sites for hydroxylation is 2. The third kappa shape index (κ3) is 3.60. The van der Waals surface area contributed by atoms with Crippen molar-refractivity contribution in [2.24, 2.45) is 5.92 Å². The van der Waals surface area contributed by atoms with E-state index in [1.165, 1.54) is 49.8 Å². The highest BCUT2D eigenvalue weighted by molar-refractivity contribution is 5.94. The van der Waals surface area contributed by atoms with Gasteiger partial charge in [0.05, 0.1) is 0 Å². The third-order valence-corrected chi connectivity index (χ3v) is 5.77. The van der Waals surface area contributed by atoms with E-state index in [9.17, 15) is 4.79 Å². The predicted octanol–water partition coefficient (Wildman–Crippen LogP) is 3.17. The number of carbonyl (C=O) groups excluding carboxylic acids is 1. The van der Waals surface area contributed by atoms with E-state index < -0.39 is 0 Å². The molecule has 1 heterocycles. The summed E-state index contributed by atoms with van der Waals surface area (Å²) < 4.78 is 0. The Morgan fingerprint density at radius 2 is 1.78 bits per heavy atom. The third-order valence-electron chi connectivity index (χ3n) is 5.77. The van der Waals surface area contributed by atoms with Crippen molar-refractivity contribution in [2.75, 3.05) is 19.6 Å². The number of benzene rings is 1. The highest BCUT2D eigenvalue weighted by Crippen LogP contribution is 2.28. The van der Waals surface area contributed by atoms with Gasteiger partial charge in [0, 0.05) is 24.7 Å². The molecule has 124 valence electrons. The minimum absolute atomic E-state index is 0.235. The molecular formula is C20H28N2O. The van der Waals surface area contributed by atoms with Crippen LogP contribution in [0, 0.1) is 5.92 Å². The standard InChI is InChI=1S/C20H28N2O/c23-20(18-8-7-16-3-1-2-4-17(16)13-18)22-11-9-19(10-12-22)21-14-15-5-6-15/h7-8,13,15,19,21H,1-6,9-12,14H2. The molecule has 23 heavy (non-hydrogen) atoms. The Morgan fingerprint density at radius 3 is 2.52 bits per heavy atom. The lowest BCUT2D eigenvalue weighted by molar-refractivity contribution is 0.0705. The van der Waals surface area contributed by atoms with Gasteiger partial charge < -0.3 is 10.2 Å². The molecule has 0 atom stereocenters. The zero-order valence-corrected chi connectivity index (χ0v) is 14.0. The largest absolute Gasteiger partial charge is 0.339 e. The Morgan fingerprint density at radius 1 is 1.04 bits per heavy atom. The van der Waals surface area contributed by atoms with Crippen molar-refractivity contribution in [1.29, 1.82) is 0 Å². The summed E-state index contributed by atoms with van der Waals surface area (Å²) in [5, 5.41) is 3.69. The normalized spacial score (nSPS) is 22.0. The van der Waals surface area contributed by atoms with E-state index in [2.05, 4.69) is 22.3 Å². The highest BCUT2D eigenvalue weighted by atomic mass is 16.2. The van der Waals surface area contributed by atoms with Crippen LogP contribution in [-0.2, 0) is 12.8 Å². The van der Waals surface area contributed by atoms with E-state index in [-0.39, 0.29) is 5.91 Å². The van der Waals surface area contributed by atoms with Gasteiger partial charge in [-0.25, -0.2) is 0 Å². The Kier molecular flexibility index (Phi) is 4.39. The Hall–Kier alpha value is -1.35. The van der Waals surface area contributed by atoms with Crippen LogP contribution in [0.2, 0.25) is 0 Å². The molecule has 1 aromatic rings. The van der Waals surface area contributed by atoms with Gasteiger partial charge in [-0.3, -0.25) is 4.79 Å². The molecule has 3 nitrogen and oxygen atoms in total. The van der Waals surface area contributed by atoms with Crippen molar-refractivity contribution in [3.05, 3.63) is 34.9 Å². The van der Waals surface area contributed by atoms with Crippen molar-refractivity contribution in [2.45, 2.75) is 57.4 Å². The molecule has 1 saturated heterocycles. The number of rotatable bonds is 4. The van der Waals surface area contributed by atoms with Crippen LogP contribution in [0.3, 0.4) is 0 Å². The summed E-state index contributed by atoms with van der Waals surface area (Å²) in [7, 11) is 0. The summed E-state index contributed by atoms with van der Waals surface area (Å²) in [6, 6.07) is 7.01. The molecule has 3 heteroatoms. The van der Waals surface area contributed by atoms with Gasteiger partial charge >= 0.3 is 0 Å². The number of carbonyl (C=O) groups is 1. The number of fused-ring (bicyclic) bond motifs is 1. The Bertz CT molecular complexity index is 571. The van der Waals surface area contributed by atoms with E-state index >= 15 is 0 Å². The number of likely N-dealkylation sites (tertiary alicyclic amines) is 1. The second-order valence-electron chi connectivity index (χ2n) is 7.61. The minimum Gasteiger partial charge on any atom is -0.339 e. The van der Waals surface area contributed by atoms with Gasteiger partial charge in [-0.05, 0) is 87.1 Å². The van der Waals surface area contributed by atoms with Gasteiger partial charge in [-0.2, -0.15) is 0 Å². The van der Waals surface area contributed by atoms with Crippen LogP contribution in [0.5, 0.6) is 0 Å². The van der Waals surface area contributed by atoms with Gasteiger partial charge in [0.25, 0.3) is 5.91 Å². The Labute approximate surface area is 139 Å². The fraction of sp³-hybridized carbons (Fsp3) is 0.650. The average Bonchev–Trinajstić information content (AvgIpc) is 3.44. The van der Waals surface area contributed by atoms with Gasteiger partial charge in [0.1, 0.15) is 0 Å². The molecule has 2 fully saturated rings. The molecule has 0 aromatic heterocycles. The molecule has 1 amide bonds. The predicted molar refractivity (Wildman–Crippen MR) is 92.7 cm³/mol. The number of nitrogens with one attached hydrogen (secondary N) is 1. The first-order valence-electron chi connectivity index (χ1n) is 9.44. The molecule has 0 spiro atoms. The van der Waals surface area contributed by atoms with Crippen LogP contribution in [0.25, 0.3) is 0 Å². The molecule has 1 aliphatic heterocycles. The summed E-state index contributed by atoms with van der Waals surface area (Å²) in [6.45, 7) is 2.99. The van der Waals surface area contributed by atoms with Crippen LogP contribution in [0.1, 0.15) is 60.0 Å². The lowest BCUT2D eigenvalue weighted by Gasteiger charge is -2.33. The van der Waals surface area contributed by atoms with Gasteiger partial charge in [0.2, 0.25) is 0 Å². The minimum atomic E-state index is 0.235. The number of hydrogen-bond acceptors (Lipinski definition) is 2. The van der Waals surface area contributed by atoms with Gasteiger partial charge in [0.15, 0.2) is 0 Å². The van der Waals surface area contributed by atoms with Crippen LogP contribution >= 0.6 is 0 Å². The number of amides is 1. The molecule has 3 aliphatic rings. The topological polar surface area (TPSA) is 32.3 Å². The fourth-order valence-electron chi connectivity index (χ4n) is 3.99. The lowest BCUT2D eigenvalue weighted by atomic mass is 9.90. The molecule has 4 rings (SSSR count). The van der Waals surface area contributed by atoms with Crippen LogP contribution in [0.4, 0.5) is 0 Å². The second kappa shape index (κ2) is 6.64. The molecule has 1 saturated carbocycles. The SMILES string of the molecule is O=C(c1ccc2c(c1)CCCC2)N1CCC(NCC2CC2)CC1. The highest BCUT2D eigenvalue weighted by Gasteiger charge is 2.26. The van der Waals surface area contributed by atoms with Gasteiger partial charge in [-0.1, -0.05) is 6.07 Å². The smallest absolute Gasteiger partial charge is 0.253 e. The second-order valence-corrected chi connectivity index (χ2v) is 7.61. The summed E-state index contributed by atoms with van der Waals surface area (Å²) in [4.78, 5) is 14.8. The summed E-state index contributed by atoms with van der Waals surface area (Å²) in [5.74, 6) is 1.17. The molecule has 0 unspecified atom stereocenters.